The number of nitrogens with zero attached hydrogens (tertiary/aromatic N) is 1. The molecule has 1 aliphatic rings. The highest BCUT2D eigenvalue weighted by Crippen LogP contribution is 2.42. The summed E-state index contributed by atoms with van der Waals surface area (Å²) in [5.74, 6) is -0.827. The molecule has 1 fully saturated rings. The third kappa shape index (κ3) is 3.06. The van der Waals surface area contributed by atoms with Crippen LogP contribution in [0.3, 0.4) is 0 Å². The molecule has 0 radical (unpaired) electrons. The number of anilines is 1. The first-order valence-corrected chi connectivity index (χ1v) is 8.06. The van der Waals surface area contributed by atoms with Gasteiger partial charge in [0.25, 0.3) is 5.91 Å². The maximum atomic E-state index is 14.1. The van der Waals surface area contributed by atoms with E-state index in [1.54, 1.807) is 11.8 Å². The number of hydrogen-bond acceptors (Lipinski definition) is 4. The molecule has 0 atom stereocenters. The lowest BCUT2D eigenvalue weighted by Crippen LogP contribution is -2.45. The molecule has 1 amide bonds. The van der Waals surface area contributed by atoms with Gasteiger partial charge in [-0.15, -0.1) is 0 Å². The Morgan fingerprint density at radius 3 is 2.85 bits per heavy atom. The Hall–Kier alpha value is -1.30. The van der Waals surface area contributed by atoms with Gasteiger partial charge in [-0.1, -0.05) is 6.42 Å². The summed E-state index contributed by atoms with van der Waals surface area (Å²) in [5.41, 5.74) is 0.0477. The number of pyridine rings is 1. The van der Waals surface area contributed by atoms with E-state index in [1.807, 2.05) is 6.92 Å². The second-order valence-electron chi connectivity index (χ2n) is 4.97. The second-order valence-corrected chi connectivity index (χ2v) is 6.25. The molecule has 2 N–H and O–H groups in total. The Morgan fingerprint density at radius 2 is 2.30 bits per heavy atom. The number of hydrogen-bond donors (Lipinski definition) is 2. The molecule has 0 bridgehead atoms. The second kappa shape index (κ2) is 6.43. The van der Waals surface area contributed by atoms with Gasteiger partial charge < -0.3 is 10.6 Å². The molecule has 1 aliphatic carbocycles. The average molecular weight is 297 g/mol. The fraction of sp³-hybridized carbons (Fsp3) is 0.571. The van der Waals surface area contributed by atoms with Gasteiger partial charge in [0, 0.05) is 24.0 Å². The molecule has 1 saturated carbocycles. The van der Waals surface area contributed by atoms with Crippen LogP contribution in [0.5, 0.6) is 0 Å². The Labute approximate surface area is 122 Å². The van der Waals surface area contributed by atoms with Crippen molar-refractivity contribution in [2.75, 3.05) is 24.7 Å². The van der Waals surface area contributed by atoms with E-state index < -0.39 is 5.82 Å². The SMILES string of the molecule is CCNc1nccc(C(=O)NCC2(SC)CCC2)c1F. The fourth-order valence-electron chi connectivity index (χ4n) is 2.27. The summed E-state index contributed by atoms with van der Waals surface area (Å²) in [7, 11) is 0. The Morgan fingerprint density at radius 1 is 1.55 bits per heavy atom. The zero-order chi connectivity index (χ0) is 14.6. The number of halogens is 1. The van der Waals surface area contributed by atoms with Crippen molar-refractivity contribution in [1.29, 1.82) is 0 Å². The quantitative estimate of drug-likeness (QED) is 0.847. The van der Waals surface area contributed by atoms with Gasteiger partial charge in [0.15, 0.2) is 11.6 Å². The van der Waals surface area contributed by atoms with Crippen LogP contribution in [-0.4, -0.2) is 35.0 Å². The molecule has 4 nitrogen and oxygen atoms in total. The normalized spacial score (nSPS) is 16.4. The van der Waals surface area contributed by atoms with Crippen molar-refractivity contribution in [2.24, 2.45) is 0 Å². The first-order valence-electron chi connectivity index (χ1n) is 6.83. The van der Waals surface area contributed by atoms with Crippen molar-refractivity contribution in [3.63, 3.8) is 0 Å². The Balaban J connectivity index is 2.04. The molecule has 1 heterocycles. The van der Waals surface area contributed by atoms with Crippen LogP contribution in [0.1, 0.15) is 36.5 Å². The number of nitrogens with one attached hydrogen (secondary N) is 2. The van der Waals surface area contributed by atoms with Gasteiger partial charge in [0.1, 0.15) is 0 Å². The largest absolute Gasteiger partial charge is 0.368 e. The maximum Gasteiger partial charge on any atom is 0.254 e. The van der Waals surface area contributed by atoms with Crippen LogP contribution in [0.2, 0.25) is 0 Å². The van der Waals surface area contributed by atoms with E-state index in [4.69, 9.17) is 0 Å². The summed E-state index contributed by atoms with van der Waals surface area (Å²) in [4.78, 5) is 16.0. The molecule has 20 heavy (non-hydrogen) atoms. The van der Waals surface area contributed by atoms with E-state index in [9.17, 15) is 9.18 Å². The number of carbonyl (C=O) groups is 1. The van der Waals surface area contributed by atoms with Crippen LogP contribution in [0.15, 0.2) is 12.3 Å². The zero-order valence-corrected chi connectivity index (χ0v) is 12.6. The van der Waals surface area contributed by atoms with Crippen molar-refractivity contribution in [2.45, 2.75) is 30.9 Å². The third-order valence-electron chi connectivity index (χ3n) is 3.75. The van der Waals surface area contributed by atoms with Crippen LogP contribution < -0.4 is 10.6 Å². The summed E-state index contributed by atoms with van der Waals surface area (Å²) >= 11 is 1.78. The number of carbonyl (C=O) groups excluding carboxylic acids is 1. The van der Waals surface area contributed by atoms with E-state index in [-0.39, 0.29) is 22.0 Å². The molecule has 110 valence electrons. The molecule has 0 spiro atoms. The van der Waals surface area contributed by atoms with E-state index >= 15 is 0 Å². The molecule has 0 saturated heterocycles. The fourth-order valence-corrected chi connectivity index (χ4v) is 3.18. The van der Waals surface area contributed by atoms with Gasteiger partial charge >= 0.3 is 0 Å². The summed E-state index contributed by atoms with van der Waals surface area (Å²) in [6, 6.07) is 1.41. The molecule has 0 aliphatic heterocycles. The standard InChI is InChI=1S/C14H20FN3OS/c1-3-16-12-11(15)10(5-8-17-12)13(19)18-9-14(20-2)6-4-7-14/h5,8H,3-4,6-7,9H2,1-2H3,(H,16,17)(H,18,19). The summed E-state index contributed by atoms with van der Waals surface area (Å²) in [6.07, 6.45) is 6.92. The minimum absolute atomic E-state index is 0.0477. The lowest BCUT2D eigenvalue weighted by molar-refractivity contribution is 0.0940. The predicted molar refractivity (Wildman–Crippen MR) is 80.8 cm³/mol. The number of thioether (sulfide) groups is 1. The Kier molecular flexibility index (Phi) is 4.86. The topological polar surface area (TPSA) is 54.0 Å². The predicted octanol–water partition coefficient (Wildman–Crippen LogP) is 2.67. The van der Waals surface area contributed by atoms with Crippen LogP contribution in [0.4, 0.5) is 10.2 Å². The van der Waals surface area contributed by atoms with Crippen molar-refractivity contribution < 1.29 is 9.18 Å². The van der Waals surface area contributed by atoms with Crippen LogP contribution in [0.25, 0.3) is 0 Å². The highest BCUT2D eigenvalue weighted by atomic mass is 32.2. The van der Waals surface area contributed by atoms with Gasteiger partial charge in [-0.2, -0.15) is 11.8 Å². The zero-order valence-electron chi connectivity index (χ0n) is 11.8. The highest BCUT2D eigenvalue weighted by molar-refractivity contribution is 8.00. The molecule has 6 heteroatoms. The third-order valence-corrected chi connectivity index (χ3v) is 5.17. The Bertz CT molecular complexity index is 486. The van der Waals surface area contributed by atoms with Gasteiger partial charge in [0.05, 0.1) is 5.56 Å². The van der Waals surface area contributed by atoms with Gasteiger partial charge in [-0.25, -0.2) is 9.37 Å². The smallest absolute Gasteiger partial charge is 0.254 e. The lowest BCUT2D eigenvalue weighted by Gasteiger charge is -2.40. The van der Waals surface area contributed by atoms with Gasteiger partial charge in [-0.05, 0) is 32.1 Å². The van der Waals surface area contributed by atoms with Crippen molar-refractivity contribution in [3.05, 3.63) is 23.6 Å². The summed E-state index contributed by atoms with van der Waals surface area (Å²) < 4.78 is 14.3. The van der Waals surface area contributed by atoms with Crippen LogP contribution in [0, 0.1) is 5.82 Å². The monoisotopic (exact) mass is 297 g/mol. The minimum atomic E-state index is -0.585. The molecule has 0 unspecified atom stereocenters. The van der Waals surface area contributed by atoms with E-state index in [2.05, 4.69) is 21.9 Å². The van der Waals surface area contributed by atoms with Crippen LogP contribution >= 0.6 is 11.8 Å². The molecule has 1 aromatic rings. The van der Waals surface area contributed by atoms with Crippen molar-refractivity contribution in [3.8, 4) is 0 Å². The van der Waals surface area contributed by atoms with E-state index in [0.29, 0.717) is 13.1 Å². The van der Waals surface area contributed by atoms with Crippen LogP contribution in [-0.2, 0) is 0 Å². The minimum Gasteiger partial charge on any atom is -0.368 e. The molecule has 1 aromatic heterocycles. The summed E-state index contributed by atoms with van der Waals surface area (Å²) in [5, 5.41) is 5.65. The number of aromatic nitrogens is 1. The highest BCUT2D eigenvalue weighted by Gasteiger charge is 2.36. The summed E-state index contributed by atoms with van der Waals surface area (Å²) in [6.45, 7) is 3.00. The number of rotatable bonds is 6. The number of amides is 1. The molecular formula is C14H20FN3OS. The first-order chi connectivity index (χ1) is 9.62. The van der Waals surface area contributed by atoms with E-state index in [0.717, 1.165) is 12.8 Å². The van der Waals surface area contributed by atoms with E-state index in [1.165, 1.54) is 18.7 Å². The maximum absolute atomic E-state index is 14.1. The van der Waals surface area contributed by atoms with Crippen molar-refractivity contribution in [1.82, 2.24) is 10.3 Å². The molecule has 0 aromatic carbocycles. The lowest BCUT2D eigenvalue weighted by atomic mass is 9.84. The average Bonchev–Trinajstić information content (AvgIpc) is 2.40. The molecule has 2 rings (SSSR count). The van der Waals surface area contributed by atoms with Gasteiger partial charge in [0.2, 0.25) is 0 Å². The van der Waals surface area contributed by atoms with Crippen molar-refractivity contribution >= 4 is 23.5 Å². The first kappa shape index (κ1) is 15.1. The van der Waals surface area contributed by atoms with Gasteiger partial charge in [-0.3, -0.25) is 4.79 Å². The molecular weight excluding hydrogens is 277 g/mol.